The molecule has 0 bridgehead atoms. The summed E-state index contributed by atoms with van der Waals surface area (Å²) in [7, 11) is 3.82. The molecule has 3 N–H and O–H groups in total. The first-order chi connectivity index (χ1) is 14.0. The lowest BCUT2D eigenvalue weighted by atomic mass is 10.1. The fourth-order valence-electron chi connectivity index (χ4n) is 2.66. The summed E-state index contributed by atoms with van der Waals surface area (Å²) in [5, 5.41) is 16.8. The van der Waals surface area contributed by atoms with Crippen LogP contribution in [0.25, 0.3) is 10.9 Å². The summed E-state index contributed by atoms with van der Waals surface area (Å²) < 4.78 is 0. The fourth-order valence-corrected chi connectivity index (χ4v) is 2.66. The Hall–Kier alpha value is -3.89. The topological polar surface area (TPSA) is 90.4 Å². The minimum Gasteiger partial charge on any atom is -0.506 e. The minimum atomic E-state index is -0.338. The maximum Gasteiger partial charge on any atom is 0.248 e. The van der Waals surface area contributed by atoms with E-state index in [0.717, 1.165) is 11.3 Å². The van der Waals surface area contributed by atoms with Gasteiger partial charge in [0.25, 0.3) is 0 Å². The van der Waals surface area contributed by atoms with E-state index in [1.54, 1.807) is 12.1 Å². The number of nitrogens with one attached hydrogen (secondary N) is 2. The van der Waals surface area contributed by atoms with Gasteiger partial charge in [0.1, 0.15) is 17.9 Å². The van der Waals surface area contributed by atoms with Crippen molar-refractivity contribution < 1.29 is 9.90 Å². The smallest absolute Gasteiger partial charge is 0.248 e. The molecular formula is C22H21N5O2. The summed E-state index contributed by atoms with van der Waals surface area (Å²) in [6.45, 7) is 0.635. The molecule has 0 aliphatic rings. The molecule has 0 aliphatic carbocycles. The molecule has 0 radical (unpaired) electrons. The van der Waals surface area contributed by atoms with Gasteiger partial charge in [-0.15, -0.1) is 6.42 Å². The zero-order chi connectivity index (χ0) is 20.8. The maximum absolute atomic E-state index is 12.1. The molecule has 0 spiro atoms. The van der Waals surface area contributed by atoms with E-state index in [-0.39, 0.29) is 17.3 Å². The normalized spacial score (nSPS) is 11.0. The molecular weight excluding hydrogens is 366 g/mol. The third-order valence-corrected chi connectivity index (χ3v) is 4.04. The molecule has 1 amide bonds. The molecule has 0 saturated carbocycles. The van der Waals surface area contributed by atoms with Crippen LogP contribution in [0, 0.1) is 12.3 Å². The van der Waals surface area contributed by atoms with Gasteiger partial charge in [-0.3, -0.25) is 4.79 Å². The Bertz CT molecular complexity index is 1120. The Morgan fingerprint density at radius 1 is 1.28 bits per heavy atom. The van der Waals surface area contributed by atoms with Crippen LogP contribution in [-0.4, -0.2) is 46.5 Å². The average molecular weight is 387 g/mol. The second kappa shape index (κ2) is 8.87. The van der Waals surface area contributed by atoms with Crippen LogP contribution >= 0.6 is 0 Å². The molecule has 2 aromatic carbocycles. The zero-order valence-corrected chi connectivity index (χ0v) is 16.2. The van der Waals surface area contributed by atoms with Gasteiger partial charge in [-0.1, -0.05) is 18.1 Å². The first kappa shape index (κ1) is 19.9. The minimum absolute atomic E-state index is 0.0779. The third kappa shape index (κ3) is 5.09. The van der Waals surface area contributed by atoms with Gasteiger partial charge in [0.05, 0.1) is 11.2 Å². The number of aromatic nitrogens is 2. The first-order valence-corrected chi connectivity index (χ1v) is 8.90. The number of carbonyl (C=O) groups excluding carboxylic acids is 1. The van der Waals surface area contributed by atoms with E-state index >= 15 is 0 Å². The standard InChI is InChI=1S/C22H21N5O2/c1-4-15-7-5-8-16(11-15)25-22-17-12-19(20(28)13-18(17)23-14-24-22)26-21(29)9-6-10-27(2)3/h1,5-9,11-14,28H,10H2,2-3H3,(H,26,29)(H,23,24,25)/b9-6+. The van der Waals surface area contributed by atoms with Gasteiger partial charge >= 0.3 is 0 Å². The highest BCUT2D eigenvalue weighted by atomic mass is 16.3. The number of carbonyl (C=O) groups is 1. The third-order valence-electron chi connectivity index (χ3n) is 4.04. The lowest BCUT2D eigenvalue weighted by Crippen LogP contribution is -2.13. The summed E-state index contributed by atoms with van der Waals surface area (Å²) in [6.07, 6.45) is 10.0. The monoisotopic (exact) mass is 387 g/mol. The number of nitrogens with zero attached hydrogens (tertiary/aromatic N) is 3. The van der Waals surface area contributed by atoms with E-state index in [2.05, 4.69) is 26.5 Å². The van der Waals surface area contributed by atoms with Crippen LogP contribution in [-0.2, 0) is 4.79 Å². The summed E-state index contributed by atoms with van der Waals surface area (Å²) in [5.74, 6) is 2.70. The van der Waals surface area contributed by atoms with Crippen molar-refractivity contribution in [2.24, 2.45) is 0 Å². The van der Waals surface area contributed by atoms with E-state index in [1.165, 1.54) is 18.5 Å². The number of benzene rings is 2. The number of anilines is 3. The Morgan fingerprint density at radius 3 is 2.86 bits per heavy atom. The number of phenolic OH excluding ortho intramolecular Hbond substituents is 1. The van der Waals surface area contributed by atoms with Crippen molar-refractivity contribution in [3.8, 4) is 18.1 Å². The summed E-state index contributed by atoms with van der Waals surface area (Å²) in [5.41, 5.74) is 2.32. The van der Waals surface area contributed by atoms with E-state index in [0.29, 0.717) is 23.3 Å². The Kier molecular flexibility index (Phi) is 6.07. The van der Waals surface area contributed by atoms with Crippen LogP contribution in [0.2, 0.25) is 0 Å². The number of amides is 1. The van der Waals surface area contributed by atoms with Gasteiger partial charge in [0.15, 0.2) is 0 Å². The Labute approximate surface area is 169 Å². The van der Waals surface area contributed by atoms with Crippen LogP contribution in [0.5, 0.6) is 5.75 Å². The van der Waals surface area contributed by atoms with Gasteiger partial charge in [0, 0.05) is 35.3 Å². The summed E-state index contributed by atoms with van der Waals surface area (Å²) in [4.78, 5) is 22.5. The van der Waals surface area contributed by atoms with Crippen molar-refractivity contribution >= 4 is 34.0 Å². The molecule has 0 saturated heterocycles. The number of hydrogen-bond donors (Lipinski definition) is 3. The van der Waals surface area contributed by atoms with Crippen molar-refractivity contribution in [1.29, 1.82) is 0 Å². The number of likely N-dealkylation sites (N-methyl/N-ethyl adjacent to an activating group) is 1. The molecule has 7 nitrogen and oxygen atoms in total. The van der Waals surface area contributed by atoms with E-state index in [1.807, 2.05) is 43.3 Å². The number of hydrogen-bond acceptors (Lipinski definition) is 6. The molecule has 29 heavy (non-hydrogen) atoms. The van der Waals surface area contributed by atoms with Crippen molar-refractivity contribution in [3.63, 3.8) is 0 Å². The molecule has 0 aliphatic heterocycles. The maximum atomic E-state index is 12.1. The summed E-state index contributed by atoms with van der Waals surface area (Å²) >= 11 is 0. The van der Waals surface area contributed by atoms with E-state index in [9.17, 15) is 9.90 Å². The molecule has 1 heterocycles. The van der Waals surface area contributed by atoms with Crippen LogP contribution in [0.4, 0.5) is 17.2 Å². The number of phenols is 1. The Balaban J connectivity index is 1.90. The molecule has 7 heteroatoms. The van der Waals surface area contributed by atoms with Gasteiger partial charge in [-0.05, 0) is 38.4 Å². The first-order valence-electron chi connectivity index (χ1n) is 8.90. The highest BCUT2D eigenvalue weighted by Crippen LogP contribution is 2.32. The molecule has 1 aromatic heterocycles. The second-order valence-corrected chi connectivity index (χ2v) is 6.61. The highest BCUT2D eigenvalue weighted by molar-refractivity contribution is 6.03. The van der Waals surface area contributed by atoms with E-state index in [4.69, 9.17) is 6.42 Å². The molecule has 0 fully saturated rings. The largest absolute Gasteiger partial charge is 0.506 e. The van der Waals surface area contributed by atoms with Crippen LogP contribution < -0.4 is 10.6 Å². The quantitative estimate of drug-likeness (QED) is 0.342. The summed E-state index contributed by atoms with van der Waals surface area (Å²) in [6, 6.07) is 10.5. The van der Waals surface area contributed by atoms with Crippen molar-refractivity contribution in [1.82, 2.24) is 14.9 Å². The SMILES string of the molecule is C#Cc1cccc(Nc2ncnc3cc(O)c(NC(=O)/C=C/CN(C)C)cc23)c1. The van der Waals surface area contributed by atoms with E-state index < -0.39 is 0 Å². The lowest BCUT2D eigenvalue weighted by Gasteiger charge is -2.11. The molecule has 3 rings (SSSR count). The van der Waals surface area contributed by atoms with Crippen LogP contribution in [0.15, 0.2) is 54.9 Å². The molecule has 3 aromatic rings. The predicted molar refractivity (Wildman–Crippen MR) is 115 cm³/mol. The number of rotatable bonds is 6. The van der Waals surface area contributed by atoms with Crippen molar-refractivity contribution in [3.05, 3.63) is 60.4 Å². The van der Waals surface area contributed by atoms with Crippen LogP contribution in [0.1, 0.15) is 5.56 Å². The fraction of sp³-hybridized carbons (Fsp3) is 0.136. The van der Waals surface area contributed by atoms with Gasteiger partial charge in [0.2, 0.25) is 5.91 Å². The number of terminal acetylenes is 1. The second-order valence-electron chi connectivity index (χ2n) is 6.61. The molecule has 0 atom stereocenters. The molecule has 146 valence electrons. The van der Waals surface area contributed by atoms with Crippen molar-refractivity contribution in [2.45, 2.75) is 0 Å². The number of fused-ring (bicyclic) bond motifs is 1. The van der Waals surface area contributed by atoms with Gasteiger partial charge < -0.3 is 20.6 Å². The lowest BCUT2D eigenvalue weighted by molar-refractivity contribution is -0.111. The van der Waals surface area contributed by atoms with Gasteiger partial charge in [-0.25, -0.2) is 9.97 Å². The average Bonchev–Trinajstić information content (AvgIpc) is 2.69. The zero-order valence-electron chi connectivity index (χ0n) is 16.2. The van der Waals surface area contributed by atoms with Crippen molar-refractivity contribution in [2.75, 3.05) is 31.3 Å². The Morgan fingerprint density at radius 2 is 2.10 bits per heavy atom. The van der Waals surface area contributed by atoms with Crippen LogP contribution in [0.3, 0.4) is 0 Å². The van der Waals surface area contributed by atoms with Gasteiger partial charge in [-0.2, -0.15) is 0 Å². The predicted octanol–water partition coefficient (Wildman–Crippen LogP) is 3.12. The number of aromatic hydroxyl groups is 1. The molecule has 0 unspecified atom stereocenters. The highest BCUT2D eigenvalue weighted by Gasteiger charge is 2.11.